The van der Waals surface area contributed by atoms with Gasteiger partial charge in [-0.25, -0.2) is 0 Å². The molecule has 2 atom stereocenters. The predicted molar refractivity (Wildman–Crippen MR) is 69.8 cm³/mol. The van der Waals surface area contributed by atoms with Gasteiger partial charge >= 0.3 is 0 Å². The van der Waals surface area contributed by atoms with E-state index in [1.54, 1.807) is 30.8 Å². The van der Waals surface area contributed by atoms with E-state index in [9.17, 15) is 4.79 Å². The van der Waals surface area contributed by atoms with Crippen molar-refractivity contribution in [1.29, 1.82) is 0 Å². The van der Waals surface area contributed by atoms with Gasteiger partial charge in [-0.1, -0.05) is 0 Å². The van der Waals surface area contributed by atoms with Gasteiger partial charge in [-0.05, 0) is 26.1 Å². The summed E-state index contributed by atoms with van der Waals surface area (Å²) in [6, 6.07) is 0.273. The molecule has 0 bridgehead atoms. The van der Waals surface area contributed by atoms with Crippen molar-refractivity contribution < 1.29 is 9.90 Å². The Hall–Kier alpha value is -0.260. The minimum absolute atomic E-state index is 0.165. The molecule has 16 heavy (non-hydrogen) atoms. The molecular weight excluding hydrogens is 224 g/mol. The summed E-state index contributed by atoms with van der Waals surface area (Å²) in [5.41, 5.74) is 0. The first kappa shape index (κ1) is 15.7. The van der Waals surface area contributed by atoms with E-state index in [4.69, 9.17) is 5.11 Å². The number of thioether (sulfide) groups is 1. The molecule has 0 radical (unpaired) electrons. The summed E-state index contributed by atoms with van der Waals surface area (Å²) in [5, 5.41) is 12.6. The highest BCUT2D eigenvalue weighted by molar-refractivity contribution is 7.99. The van der Waals surface area contributed by atoms with E-state index < -0.39 is 0 Å². The van der Waals surface area contributed by atoms with Crippen molar-refractivity contribution in [2.75, 3.05) is 33.5 Å². The van der Waals surface area contributed by atoms with Gasteiger partial charge in [0.15, 0.2) is 0 Å². The van der Waals surface area contributed by atoms with Gasteiger partial charge < -0.3 is 15.3 Å². The lowest BCUT2D eigenvalue weighted by atomic mass is 10.2. The number of carbonyl (C=O) groups is 1. The number of nitrogens with one attached hydrogen (secondary N) is 1. The summed E-state index contributed by atoms with van der Waals surface area (Å²) in [7, 11) is 3.54. The average Bonchev–Trinajstić information content (AvgIpc) is 2.25. The minimum Gasteiger partial charge on any atom is -0.395 e. The van der Waals surface area contributed by atoms with E-state index in [2.05, 4.69) is 12.2 Å². The molecular formula is C11H24N2O2S. The Balaban J connectivity index is 3.62. The summed E-state index contributed by atoms with van der Waals surface area (Å²) in [4.78, 5) is 12.9. The monoisotopic (exact) mass is 248 g/mol. The van der Waals surface area contributed by atoms with Gasteiger partial charge in [-0.15, -0.1) is 0 Å². The normalized spacial score (nSPS) is 14.6. The van der Waals surface area contributed by atoms with Crippen LogP contribution in [0.25, 0.3) is 0 Å². The first-order valence-electron chi connectivity index (χ1n) is 5.60. The molecule has 0 aromatic rings. The number of hydrogen-bond donors (Lipinski definition) is 2. The van der Waals surface area contributed by atoms with Crippen LogP contribution in [0.15, 0.2) is 0 Å². The fourth-order valence-electron chi connectivity index (χ4n) is 1.36. The third kappa shape index (κ3) is 6.35. The zero-order valence-corrected chi connectivity index (χ0v) is 11.5. The molecule has 0 spiro atoms. The van der Waals surface area contributed by atoms with E-state index in [-0.39, 0.29) is 23.8 Å². The van der Waals surface area contributed by atoms with Crippen molar-refractivity contribution in [2.45, 2.75) is 31.1 Å². The van der Waals surface area contributed by atoms with Crippen LogP contribution in [0, 0.1) is 0 Å². The van der Waals surface area contributed by atoms with E-state index in [0.717, 1.165) is 13.0 Å². The number of hydrogen-bond acceptors (Lipinski definition) is 4. The zero-order chi connectivity index (χ0) is 12.6. The second kappa shape index (κ2) is 8.84. The molecule has 1 amide bonds. The standard InChI is InChI=1S/C11H24N2O2S/c1-9(10(8-14)16-4)12-7-5-6-11(15)13(2)3/h9-10,12,14H,5-8H2,1-4H3. The van der Waals surface area contributed by atoms with Gasteiger partial charge in [-0.3, -0.25) is 4.79 Å². The van der Waals surface area contributed by atoms with Gasteiger partial charge in [0.05, 0.1) is 6.61 Å². The van der Waals surface area contributed by atoms with Crippen LogP contribution in [0.1, 0.15) is 19.8 Å². The highest BCUT2D eigenvalue weighted by Crippen LogP contribution is 2.10. The third-order valence-corrected chi connectivity index (χ3v) is 3.74. The summed E-state index contributed by atoms with van der Waals surface area (Å²) >= 11 is 1.66. The lowest BCUT2D eigenvalue weighted by molar-refractivity contribution is -0.128. The van der Waals surface area contributed by atoms with Crippen LogP contribution in [0.4, 0.5) is 0 Å². The maximum atomic E-state index is 11.3. The van der Waals surface area contributed by atoms with Crippen LogP contribution in [-0.4, -0.2) is 60.7 Å². The van der Waals surface area contributed by atoms with Gasteiger partial charge in [0.2, 0.25) is 5.91 Å². The number of rotatable bonds is 8. The largest absolute Gasteiger partial charge is 0.395 e. The Kier molecular flexibility index (Phi) is 8.70. The smallest absolute Gasteiger partial charge is 0.222 e. The molecule has 0 aliphatic rings. The molecule has 0 aliphatic heterocycles. The van der Waals surface area contributed by atoms with Gasteiger partial charge in [-0.2, -0.15) is 11.8 Å². The van der Waals surface area contributed by atoms with Crippen LogP contribution in [-0.2, 0) is 4.79 Å². The van der Waals surface area contributed by atoms with E-state index in [1.165, 1.54) is 0 Å². The summed E-state index contributed by atoms with van der Waals surface area (Å²) in [5.74, 6) is 0.165. The van der Waals surface area contributed by atoms with Crippen LogP contribution in [0.3, 0.4) is 0 Å². The lowest BCUT2D eigenvalue weighted by Crippen LogP contribution is -2.38. The van der Waals surface area contributed by atoms with Crippen LogP contribution in [0.2, 0.25) is 0 Å². The predicted octanol–water partition coefficient (Wildman–Crippen LogP) is 0.557. The molecule has 96 valence electrons. The van der Waals surface area contributed by atoms with Crippen molar-refractivity contribution in [1.82, 2.24) is 10.2 Å². The quantitative estimate of drug-likeness (QED) is 0.616. The van der Waals surface area contributed by atoms with Crippen molar-refractivity contribution >= 4 is 17.7 Å². The molecule has 2 N–H and O–H groups in total. The molecule has 4 nitrogen and oxygen atoms in total. The Morgan fingerprint density at radius 1 is 1.50 bits per heavy atom. The first-order chi connectivity index (χ1) is 7.52. The Bertz CT molecular complexity index is 196. The first-order valence-corrected chi connectivity index (χ1v) is 6.88. The molecule has 0 aromatic heterocycles. The van der Waals surface area contributed by atoms with Gasteiger partial charge in [0.1, 0.15) is 0 Å². The number of nitrogens with zero attached hydrogens (tertiary/aromatic N) is 1. The SMILES string of the molecule is CSC(CO)C(C)NCCCC(=O)N(C)C. The lowest BCUT2D eigenvalue weighted by Gasteiger charge is -2.21. The number of aliphatic hydroxyl groups is 1. The molecule has 0 fully saturated rings. The minimum atomic E-state index is 0.165. The fourth-order valence-corrected chi connectivity index (χ4v) is 2.01. The molecule has 0 saturated heterocycles. The van der Waals surface area contributed by atoms with Gasteiger partial charge in [0.25, 0.3) is 0 Å². The second-order valence-corrected chi connectivity index (χ2v) is 5.17. The molecule has 0 rings (SSSR count). The third-order valence-electron chi connectivity index (χ3n) is 2.57. The van der Waals surface area contributed by atoms with Crippen LogP contribution < -0.4 is 5.32 Å². The molecule has 0 saturated carbocycles. The molecule has 0 aromatic carbocycles. The van der Waals surface area contributed by atoms with Crippen LogP contribution >= 0.6 is 11.8 Å². The summed E-state index contributed by atoms with van der Waals surface area (Å²) in [6.07, 6.45) is 3.41. The summed E-state index contributed by atoms with van der Waals surface area (Å²) < 4.78 is 0. The maximum absolute atomic E-state index is 11.3. The maximum Gasteiger partial charge on any atom is 0.222 e. The molecule has 0 heterocycles. The second-order valence-electron chi connectivity index (χ2n) is 4.09. The number of carbonyl (C=O) groups excluding carboxylic acids is 1. The van der Waals surface area contributed by atoms with Gasteiger partial charge in [0, 0.05) is 31.8 Å². The van der Waals surface area contributed by atoms with Crippen molar-refractivity contribution in [3.8, 4) is 0 Å². The molecule has 0 aliphatic carbocycles. The number of amides is 1. The van der Waals surface area contributed by atoms with Crippen molar-refractivity contribution in [2.24, 2.45) is 0 Å². The van der Waals surface area contributed by atoms with Crippen LogP contribution in [0.5, 0.6) is 0 Å². The molecule has 2 unspecified atom stereocenters. The highest BCUT2D eigenvalue weighted by Gasteiger charge is 2.14. The van der Waals surface area contributed by atoms with Crippen molar-refractivity contribution in [3.05, 3.63) is 0 Å². The molecule has 5 heteroatoms. The zero-order valence-electron chi connectivity index (χ0n) is 10.7. The van der Waals surface area contributed by atoms with Crippen molar-refractivity contribution in [3.63, 3.8) is 0 Å². The van der Waals surface area contributed by atoms with E-state index in [1.807, 2.05) is 6.26 Å². The summed E-state index contributed by atoms with van der Waals surface area (Å²) in [6.45, 7) is 3.06. The van der Waals surface area contributed by atoms with E-state index in [0.29, 0.717) is 6.42 Å². The Morgan fingerprint density at radius 3 is 2.56 bits per heavy atom. The van der Waals surface area contributed by atoms with E-state index >= 15 is 0 Å². The Labute approximate surface area is 103 Å². The Morgan fingerprint density at radius 2 is 2.12 bits per heavy atom. The fraction of sp³-hybridized carbons (Fsp3) is 0.909. The average molecular weight is 248 g/mol. The topological polar surface area (TPSA) is 52.6 Å². The number of aliphatic hydroxyl groups excluding tert-OH is 1. The highest BCUT2D eigenvalue weighted by atomic mass is 32.2.